The summed E-state index contributed by atoms with van der Waals surface area (Å²) in [6.45, 7) is 6.77. The minimum absolute atomic E-state index is 0.00374. The Kier molecular flexibility index (Phi) is 3.48. The van der Waals surface area contributed by atoms with E-state index in [0.29, 0.717) is 5.92 Å². The van der Waals surface area contributed by atoms with Crippen LogP contribution in [-0.2, 0) is 4.79 Å². The van der Waals surface area contributed by atoms with Crippen LogP contribution in [0.5, 0.6) is 0 Å². The minimum atomic E-state index is -0.249. The molecule has 1 amide bonds. The number of hydrogen-bond donors (Lipinski definition) is 1. The maximum Gasteiger partial charge on any atom is 0.245 e. The van der Waals surface area contributed by atoms with E-state index < -0.39 is 0 Å². The molecule has 0 aromatic heterocycles. The van der Waals surface area contributed by atoms with Gasteiger partial charge in [0, 0.05) is 13.1 Å². The Morgan fingerprint density at radius 3 is 2.54 bits per heavy atom. The Hall–Kier alpha value is -0.830. The summed E-state index contributed by atoms with van der Waals surface area (Å²) in [6.07, 6.45) is 2.90. The molecule has 0 unspecified atom stereocenters. The fourth-order valence-corrected chi connectivity index (χ4v) is 1.73. The quantitative estimate of drug-likeness (QED) is 0.643. The van der Waals surface area contributed by atoms with Crippen molar-refractivity contribution >= 4 is 5.91 Å². The third kappa shape index (κ3) is 2.56. The first-order valence-corrected chi connectivity index (χ1v) is 4.74. The molecule has 1 rings (SSSR count). The fourth-order valence-electron chi connectivity index (χ4n) is 1.73. The van der Waals surface area contributed by atoms with Crippen LogP contribution in [0.1, 0.15) is 19.8 Å². The number of aliphatic hydroxyl groups excluding tert-OH is 1. The number of carbonyl (C=O) groups excluding carboxylic acids is 1. The number of rotatable bonds is 2. The molecule has 1 aliphatic heterocycles. The van der Waals surface area contributed by atoms with Crippen LogP contribution in [0.2, 0.25) is 0 Å². The molecule has 0 aromatic carbocycles. The molecule has 0 aromatic rings. The molecule has 1 saturated heterocycles. The highest BCUT2D eigenvalue weighted by molar-refractivity contribution is 5.87. The molecule has 1 aliphatic rings. The molecule has 1 fully saturated rings. The smallest absolute Gasteiger partial charge is 0.245 e. The molecule has 74 valence electrons. The van der Waals surface area contributed by atoms with Crippen molar-refractivity contribution < 1.29 is 9.90 Å². The Bertz CT molecular complexity index is 193. The van der Waals surface area contributed by atoms with Gasteiger partial charge in [-0.2, -0.15) is 0 Å². The van der Waals surface area contributed by atoms with Gasteiger partial charge in [0.25, 0.3) is 0 Å². The standard InChI is InChI=1S/C10H17NO2/c1-3-10(13)11-6-4-9(5-7-11)8(2)12/h3,8-9,12H,1,4-7H2,2H3/t8-/m1/s1. The van der Waals surface area contributed by atoms with E-state index in [-0.39, 0.29) is 12.0 Å². The number of nitrogens with zero attached hydrogens (tertiary/aromatic N) is 1. The Balaban J connectivity index is 2.38. The molecule has 1 N–H and O–H groups in total. The summed E-state index contributed by atoms with van der Waals surface area (Å²) in [5, 5.41) is 9.34. The predicted octanol–water partition coefficient (Wildman–Crippen LogP) is 0.792. The van der Waals surface area contributed by atoms with Crippen molar-refractivity contribution in [3.05, 3.63) is 12.7 Å². The fraction of sp³-hybridized carbons (Fsp3) is 0.700. The molecule has 3 heteroatoms. The van der Waals surface area contributed by atoms with Gasteiger partial charge in [0.15, 0.2) is 0 Å². The zero-order valence-electron chi connectivity index (χ0n) is 8.07. The lowest BCUT2D eigenvalue weighted by Gasteiger charge is -2.32. The van der Waals surface area contributed by atoms with Gasteiger partial charge in [0.1, 0.15) is 0 Å². The van der Waals surface area contributed by atoms with Crippen molar-refractivity contribution in [3.63, 3.8) is 0 Å². The van der Waals surface area contributed by atoms with Crippen LogP contribution in [0.4, 0.5) is 0 Å². The van der Waals surface area contributed by atoms with Gasteiger partial charge in [-0.05, 0) is 31.8 Å². The first kappa shape index (κ1) is 10.3. The van der Waals surface area contributed by atoms with Gasteiger partial charge in [-0.1, -0.05) is 6.58 Å². The lowest BCUT2D eigenvalue weighted by atomic mass is 9.92. The van der Waals surface area contributed by atoms with E-state index >= 15 is 0 Å². The molecular weight excluding hydrogens is 166 g/mol. The van der Waals surface area contributed by atoms with Gasteiger partial charge < -0.3 is 10.0 Å². The Morgan fingerprint density at radius 1 is 1.62 bits per heavy atom. The van der Waals surface area contributed by atoms with E-state index in [4.69, 9.17) is 0 Å². The second-order valence-electron chi connectivity index (χ2n) is 3.61. The topological polar surface area (TPSA) is 40.5 Å². The van der Waals surface area contributed by atoms with Crippen molar-refractivity contribution in [1.82, 2.24) is 4.90 Å². The number of amides is 1. The summed E-state index contributed by atoms with van der Waals surface area (Å²) in [7, 11) is 0. The van der Waals surface area contributed by atoms with Crippen LogP contribution >= 0.6 is 0 Å². The number of aliphatic hydroxyl groups is 1. The molecule has 0 aliphatic carbocycles. The lowest BCUT2D eigenvalue weighted by molar-refractivity contribution is -0.127. The number of piperidine rings is 1. The summed E-state index contributed by atoms with van der Waals surface area (Å²) < 4.78 is 0. The normalized spacial score (nSPS) is 21.2. The number of hydrogen-bond acceptors (Lipinski definition) is 2. The summed E-state index contributed by atoms with van der Waals surface area (Å²) in [6, 6.07) is 0. The van der Waals surface area contributed by atoms with Crippen molar-refractivity contribution in [1.29, 1.82) is 0 Å². The molecule has 3 nitrogen and oxygen atoms in total. The van der Waals surface area contributed by atoms with Crippen LogP contribution in [0, 0.1) is 5.92 Å². The number of carbonyl (C=O) groups is 1. The van der Waals surface area contributed by atoms with Gasteiger partial charge in [0.2, 0.25) is 5.91 Å². The second-order valence-corrected chi connectivity index (χ2v) is 3.61. The molecule has 0 spiro atoms. The van der Waals surface area contributed by atoms with E-state index in [9.17, 15) is 9.90 Å². The summed E-state index contributed by atoms with van der Waals surface area (Å²) in [5.41, 5.74) is 0. The van der Waals surface area contributed by atoms with Gasteiger partial charge in [-0.3, -0.25) is 4.79 Å². The van der Waals surface area contributed by atoms with Crippen molar-refractivity contribution in [2.45, 2.75) is 25.9 Å². The molecule has 0 saturated carbocycles. The van der Waals surface area contributed by atoms with E-state index in [1.54, 1.807) is 4.90 Å². The van der Waals surface area contributed by atoms with Gasteiger partial charge in [-0.15, -0.1) is 0 Å². The summed E-state index contributed by atoms with van der Waals surface area (Å²) in [4.78, 5) is 13.0. The zero-order valence-corrected chi connectivity index (χ0v) is 8.07. The molecular formula is C10H17NO2. The third-order valence-corrected chi connectivity index (χ3v) is 2.71. The van der Waals surface area contributed by atoms with Gasteiger partial charge in [-0.25, -0.2) is 0 Å². The first-order valence-electron chi connectivity index (χ1n) is 4.74. The number of likely N-dealkylation sites (tertiary alicyclic amines) is 1. The molecule has 0 radical (unpaired) electrons. The average molecular weight is 183 g/mol. The monoisotopic (exact) mass is 183 g/mol. The van der Waals surface area contributed by atoms with Crippen LogP contribution in [0.15, 0.2) is 12.7 Å². The summed E-state index contributed by atoms with van der Waals surface area (Å²) >= 11 is 0. The highest BCUT2D eigenvalue weighted by atomic mass is 16.3. The second kappa shape index (κ2) is 4.42. The molecule has 13 heavy (non-hydrogen) atoms. The lowest BCUT2D eigenvalue weighted by Crippen LogP contribution is -2.39. The van der Waals surface area contributed by atoms with Gasteiger partial charge >= 0.3 is 0 Å². The molecule has 1 atom stereocenters. The Labute approximate surface area is 79.0 Å². The van der Waals surface area contributed by atoms with Gasteiger partial charge in [0.05, 0.1) is 6.10 Å². The van der Waals surface area contributed by atoms with Crippen LogP contribution < -0.4 is 0 Å². The summed E-state index contributed by atoms with van der Waals surface area (Å²) in [5.74, 6) is 0.359. The van der Waals surface area contributed by atoms with Crippen LogP contribution in [0.25, 0.3) is 0 Å². The molecule has 0 bridgehead atoms. The Morgan fingerprint density at radius 2 is 2.15 bits per heavy atom. The average Bonchev–Trinajstić information content (AvgIpc) is 2.17. The van der Waals surface area contributed by atoms with Crippen LogP contribution in [-0.4, -0.2) is 35.1 Å². The van der Waals surface area contributed by atoms with E-state index in [0.717, 1.165) is 25.9 Å². The van der Waals surface area contributed by atoms with E-state index in [1.807, 2.05) is 6.92 Å². The molecule has 1 heterocycles. The zero-order chi connectivity index (χ0) is 9.84. The van der Waals surface area contributed by atoms with E-state index in [1.165, 1.54) is 6.08 Å². The minimum Gasteiger partial charge on any atom is -0.393 e. The van der Waals surface area contributed by atoms with Crippen molar-refractivity contribution in [3.8, 4) is 0 Å². The maximum absolute atomic E-state index is 11.2. The third-order valence-electron chi connectivity index (χ3n) is 2.71. The van der Waals surface area contributed by atoms with Crippen molar-refractivity contribution in [2.75, 3.05) is 13.1 Å². The SMILES string of the molecule is C=CC(=O)N1CCC([C@@H](C)O)CC1. The first-order chi connectivity index (χ1) is 6.15. The highest BCUT2D eigenvalue weighted by Crippen LogP contribution is 2.20. The van der Waals surface area contributed by atoms with E-state index in [2.05, 4.69) is 6.58 Å². The maximum atomic E-state index is 11.2. The van der Waals surface area contributed by atoms with Crippen LogP contribution in [0.3, 0.4) is 0 Å². The largest absolute Gasteiger partial charge is 0.393 e. The predicted molar refractivity (Wildman–Crippen MR) is 51.2 cm³/mol. The highest BCUT2D eigenvalue weighted by Gasteiger charge is 2.23. The van der Waals surface area contributed by atoms with Crippen molar-refractivity contribution in [2.24, 2.45) is 5.92 Å².